The van der Waals surface area contributed by atoms with Crippen LogP contribution in [0.4, 0.5) is 5.69 Å². The Bertz CT molecular complexity index is 336. The van der Waals surface area contributed by atoms with Crippen LogP contribution in [0.5, 0.6) is 11.5 Å². The maximum Gasteiger partial charge on any atom is 0.221 e. The van der Waals surface area contributed by atoms with E-state index >= 15 is 0 Å². The van der Waals surface area contributed by atoms with Gasteiger partial charge in [0.25, 0.3) is 0 Å². The van der Waals surface area contributed by atoms with Crippen molar-refractivity contribution in [2.24, 2.45) is 0 Å². The molecule has 0 heterocycles. The quantitative estimate of drug-likeness (QED) is 0.722. The predicted molar refractivity (Wildman–Crippen MR) is 53.6 cm³/mol. The minimum atomic E-state index is -0.218. The molecule has 0 fully saturated rings. The zero-order chi connectivity index (χ0) is 10.6. The Kier molecular flexibility index (Phi) is 3.34. The molecule has 1 amide bonds. The maximum atomic E-state index is 10.7. The van der Waals surface area contributed by atoms with Gasteiger partial charge >= 0.3 is 0 Å². The standard InChI is InChI=1S/C10H13NO3/c1-3-14-8-4-5-9(10(13)6-8)11-7(2)12/h4-6,13H,3H2,1-2H3,(H,11,12). The SMILES string of the molecule is CCOc1ccc(NC(C)=O)c(O)c1. The third kappa shape index (κ3) is 2.65. The van der Waals surface area contributed by atoms with Crippen molar-refractivity contribution in [1.82, 2.24) is 0 Å². The van der Waals surface area contributed by atoms with Gasteiger partial charge in [0.1, 0.15) is 11.5 Å². The lowest BCUT2D eigenvalue weighted by molar-refractivity contribution is -0.114. The first-order valence-corrected chi connectivity index (χ1v) is 4.37. The highest BCUT2D eigenvalue weighted by atomic mass is 16.5. The number of carbonyl (C=O) groups is 1. The van der Waals surface area contributed by atoms with Crippen molar-refractivity contribution in [3.8, 4) is 11.5 Å². The summed E-state index contributed by atoms with van der Waals surface area (Å²) in [4.78, 5) is 10.7. The van der Waals surface area contributed by atoms with E-state index in [0.29, 0.717) is 18.0 Å². The molecule has 0 saturated heterocycles. The molecule has 4 nitrogen and oxygen atoms in total. The fourth-order valence-corrected chi connectivity index (χ4v) is 1.06. The van der Waals surface area contributed by atoms with Crippen LogP contribution in [0.3, 0.4) is 0 Å². The van der Waals surface area contributed by atoms with Gasteiger partial charge < -0.3 is 15.2 Å². The van der Waals surface area contributed by atoms with Gasteiger partial charge in [-0.3, -0.25) is 4.79 Å². The first-order chi connectivity index (χ1) is 6.63. The summed E-state index contributed by atoms with van der Waals surface area (Å²) in [6.45, 7) is 3.79. The van der Waals surface area contributed by atoms with Crippen LogP contribution in [0.15, 0.2) is 18.2 Å². The summed E-state index contributed by atoms with van der Waals surface area (Å²) >= 11 is 0. The van der Waals surface area contributed by atoms with Crippen LogP contribution >= 0.6 is 0 Å². The number of phenols is 1. The molecule has 1 rings (SSSR count). The number of amides is 1. The number of hydrogen-bond donors (Lipinski definition) is 2. The van der Waals surface area contributed by atoms with Crippen molar-refractivity contribution in [1.29, 1.82) is 0 Å². The molecule has 0 aliphatic carbocycles. The Labute approximate surface area is 82.5 Å². The molecule has 0 bridgehead atoms. The smallest absolute Gasteiger partial charge is 0.221 e. The summed E-state index contributed by atoms with van der Waals surface area (Å²) in [5.41, 5.74) is 0.390. The molecule has 0 atom stereocenters. The third-order valence-electron chi connectivity index (χ3n) is 1.59. The van der Waals surface area contributed by atoms with E-state index < -0.39 is 0 Å². The summed E-state index contributed by atoms with van der Waals surface area (Å²) in [6, 6.07) is 4.75. The Balaban J connectivity index is 2.84. The van der Waals surface area contributed by atoms with E-state index in [2.05, 4.69) is 5.32 Å². The molecule has 76 valence electrons. The largest absolute Gasteiger partial charge is 0.506 e. The van der Waals surface area contributed by atoms with Gasteiger partial charge in [-0.15, -0.1) is 0 Å². The van der Waals surface area contributed by atoms with Gasteiger partial charge in [-0.05, 0) is 19.1 Å². The van der Waals surface area contributed by atoms with Gasteiger partial charge in [0.15, 0.2) is 0 Å². The molecular formula is C10H13NO3. The average molecular weight is 195 g/mol. The van der Waals surface area contributed by atoms with E-state index in [1.54, 1.807) is 12.1 Å². The fraction of sp³-hybridized carbons (Fsp3) is 0.300. The highest BCUT2D eigenvalue weighted by Crippen LogP contribution is 2.27. The first-order valence-electron chi connectivity index (χ1n) is 4.37. The van der Waals surface area contributed by atoms with Crippen molar-refractivity contribution >= 4 is 11.6 Å². The van der Waals surface area contributed by atoms with Gasteiger partial charge in [-0.2, -0.15) is 0 Å². The monoisotopic (exact) mass is 195 g/mol. The van der Waals surface area contributed by atoms with E-state index in [4.69, 9.17) is 4.74 Å². The van der Waals surface area contributed by atoms with Crippen molar-refractivity contribution in [2.45, 2.75) is 13.8 Å². The van der Waals surface area contributed by atoms with E-state index in [-0.39, 0.29) is 11.7 Å². The van der Waals surface area contributed by atoms with E-state index in [0.717, 1.165) is 0 Å². The predicted octanol–water partition coefficient (Wildman–Crippen LogP) is 1.75. The van der Waals surface area contributed by atoms with E-state index in [9.17, 15) is 9.90 Å². The number of nitrogens with one attached hydrogen (secondary N) is 1. The fourth-order valence-electron chi connectivity index (χ4n) is 1.06. The van der Waals surface area contributed by atoms with Crippen molar-refractivity contribution < 1.29 is 14.6 Å². The van der Waals surface area contributed by atoms with Gasteiger partial charge in [0.05, 0.1) is 12.3 Å². The number of phenolic OH excluding ortho intramolecular Hbond substituents is 1. The summed E-state index contributed by atoms with van der Waals surface area (Å²) in [5.74, 6) is 0.370. The molecular weight excluding hydrogens is 182 g/mol. The van der Waals surface area contributed by atoms with Crippen LogP contribution < -0.4 is 10.1 Å². The molecule has 0 aliphatic heterocycles. The highest BCUT2D eigenvalue weighted by Gasteiger charge is 2.03. The molecule has 4 heteroatoms. The van der Waals surface area contributed by atoms with Gasteiger partial charge in [0, 0.05) is 13.0 Å². The molecule has 0 spiro atoms. The van der Waals surface area contributed by atoms with Crippen LogP contribution in [0.1, 0.15) is 13.8 Å². The van der Waals surface area contributed by atoms with Crippen LogP contribution in [0.25, 0.3) is 0 Å². The third-order valence-corrected chi connectivity index (χ3v) is 1.59. The van der Waals surface area contributed by atoms with Crippen LogP contribution in [0, 0.1) is 0 Å². The number of carbonyl (C=O) groups excluding carboxylic acids is 1. The van der Waals surface area contributed by atoms with Gasteiger partial charge in [-0.1, -0.05) is 0 Å². The molecule has 1 aromatic rings. The second kappa shape index (κ2) is 4.50. The summed E-state index contributed by atoms with van der Waals surface area (Å²) in [6.07, 6.45) is 0. The van der Waals surface area contributed by atoms with Crippen LogP contribution in [-0.2, 0) is 4.79 Å². The molecule has 0 unspecified atom stereocenters. The second-order valence-electron chi connectivity index (χ2n) is 2.79. The lowest BCUT2D eigenvalue weighted by atomic mass is 10.2. The number of benzene rings is 1. The van der Waals surface area contributed by atoms with Crippen LogP contribution in [0.2, 0.25) is 0 Å². The number of anilines is 1. The minimum absolute atomic E-state index is 0.00569. The average Bonchev–Trinajstić information content (AvgIpc) is 2.10. The van der Waals surface area contributed by atoms with Crippen molar-refractivity contribution in [2.75, 3.05) is 11.9 Å². The number of hydrogen-bond acceptors (Lipinski definition) is 3. The Morgan fingerprint density at radius 1 is 1.57 bits per heavy atom. The molecule has 2 N–H and O–H groups in total. The van der Waals surface area contributed by atoms with Crippen molar-refractivity contribution in [3.05, 3.63) is 18.2 Å². The Morgan fingerprint density at radius 2 is 2.29 bits per heavy atom. The summed E-state index contributed by atoms with van der Waals surface area (Å²) < 4.78 is 5.17. The summed E-state index contributed by atoms with van der Waals surface area (Å²) in [7, 11) is 0. The van der Waals surface area contributed by atoms with E-state index in [1.165, 1.54) is 13.0 Å². The highest BCUT2D eigenvalue weighted by molar-refractivity contribution is 5.90. The second-order valence-corrected chi connectivity index (χ2v) is 2.79. The lowest BCUT2D eigenvalue weighted by Gasteiger charge is -2.07. The summed E-state index contributed by atoms with van der Waals surface area (Å²) in [5, 5.41) is 12.0. The maximum absolute atomic E-state index is 10.7. The minimum Gasteiger partial charge on any atom is -0.506 e. The molecule has 0 radical (unpaired) electrons. The van der Waals surface area contributed by atoms with E-state index in [1.807, 2.05) is 6.92 Å². The normalized spacial score (nSPS) is 9.57. The lowest BCUT2D eigenvalue weighted by Crippen LogP contribution is -2.05. The van der Waals surface area contributed by atoms with Gasteiger partial charge in [-0.25, -0.2) is 0 Å². The zero-order valence-corrected chi connectivity index (χ0v) is 8.20. The molecule has 14 heavy (non-hydrogen) atoms. The number of rotatable bonds is 3. The number of aromatic hydroxyl groups is 1. The molecule has 0 saturated carbocycles. The molecule has 0 aromatic heterocycles. The Morgan fingerprint density at radius 3 is 2.79 bits per heavy atom. The Hall–Kier alpha value is -1.71. The van der Waals surface area contributed by atoms with Gasteiger partial charge in [0.2, 0.25) is 5.91 Å². The number of ether oxygens (including phenoxy) is 1. The van der Waals surface area contributed by atoms with Crippen molar-refractivity contribution in [3.63, 3.8) is 0 Å². The topological polar surface area (TPSA) is 58.6 Å². The molecule has 0 aliphatic rings. The van der Waals surface area contributed by atoms with Crippen LogP contribution in [-0.4, -0.2) is 17.6 Å². The first kappa shape index (κ1) is 10.4. The zero-order valence-electron chi connectivity index (χ0n) is 8.20. The molecule has 1 aromatic carbocycles.